The van der Waals surface area contributed by atoms with Crippen molar-refractivity contribution in [3.05, 3.63) is 0 Å². The fourth-order valence-corrected chi connectivity index (χ4v) is 4.03. The van der Waals surface area contributed by atoms with Gasteiger partial charge < -0.3 is 19.9 Å². The molecule has 0 aromatic carbocycles. The Hall–Kier alpha value is -1.37. The molecule has 26 heavy (non-hydrogen) atoms. The fraction of sp³-hybridized carbons (Fsp3) is 0.895. The molecule has 0 aromatic heterocycles. The van der Waals surface area contributed by atoms with Crippen LogP contribution < -0.4 is 5.32 Å². The van der Waals surface area contributed by atoms with E-state index in [1.54, 1.807) is 4.90 Å². The number of hydrogen-bond donors (Lipinski definition) is 1. The highest BCUT2D eigenvalue weighted by Crippen LogP contribution is 2.31. The van der Waals surface area contributed by atoms with Crippen molar-refractivity contribution in [2.45, 2.75) is 63.6 Å². The van der Waals surface area contributed by atoms with Crippen molar-refractivity contribution >= 4 is 12.0 Å². The van der Waals surface area contributed by atoms with Crippen molar-refractivity contribution in [2.24, 2.45) is 5.92 Å². The summed E-state index contributed by atoms with van der Waals surface area (Å²) in [7, 11) is 0. The Morgan fingerprint density at radius 1 is 1.12 bits per heavy atom. The van der Waals surface area contributed by atoms with Crippen molar-refractivity contribution in [1.82, 2.24) is 15.1 Å². The molecule has 1 aliphatic carbocycles. The van der Waals surface area contributed by atoms with Crippen molar-refractivity contribution in [3.63, 3.8) is 0 Å². The molecule has 0 aromatic rings. The molecular weight excluding hydrogens is 337 g/mol. The van der Waals surface area contributed by atoms with Crippen molar-refractivity contribution in [2.75, 3.05) is 39.3 Å². The average Bonchev–Trinajstić information content (AvgIpc) is 3.47. The van der Waals surface area contributed by atoms with E-state index in [0.29, 0.717) is 44.7 Å². The van der Waals surface area contributed by atoms with E-state index >= 15 is 4.39 Å². The lowest BCUT2D eigenvalue weighted by Crippen LogP contribution is -2.53. The molecule has 7 heteroatoms. The van der Waals surface area contributed by atoms with Crippen LogP contribution in [0.4, 0.5) is 9.18 Å². The molecule has 2 aliphatic heterocycles. The van der Waals surface area contributed by atoms with Crippen molar-refractivity contribution < 1.29 is 18.7 Å². The van der Waals surface area contributed by atoms with Gasteiger partial charge in [-0.2, -0.15) is 0 Å². The van der Waals surface area contributed by atoms with Gasteiger partial charge in [-0.3, -0.25) is 4.79 Å². The number of carbonyl (C=O) groups excluding carboxylic acids is 2. The van der Waals surface area contributed by atoms with Gasteiger partial charge in [-0.25, -0.2) is 9.18 Å². The lowest BCUT2D eigenvalue weighted by atomic mass is 9.90. The zero-order valence-electron chi connectivity index (χ0n) is 15.8. The van der Waals surface area contributed by atoms with Gasteiger partial charge >= 0.3 is 6.09 Å². The SMILES string of the molecule is CCOC(=O)N1CCCC(N2CCC(F)(C(=O)NCC3CC3)CC2)CC1. The van der Waals surface area contributed by atoms with Gasteiger partial charge in [-0.05, 0) is 44.9 Å². The first-order valence-corrected chi connectivity index (χ1v) is 10.1. The summed E-state index contributed by atoms with van der Waals surface area (Å²) in [5.74, 6) is 0.148. The van der Waals surface area contributed by atoms with Gasteiger partial charge in [0.25, 0.3) is 5.91 Å². The number of likely N-dealkylation sites (tertiary alicyclic amines) is 2. The summed E-state index contributed by atoms with van der Waals surface area (Å²) < 4.78 is 20.1. The van der Waals surface area contributed by atoms with E-state index in [1.807, 2.05) is 6.92 Å². The number of hydrogen-bond acceptors (Lipinski definition) is 4. The summed E-state index contributed by atoms with van der Waals surface area (Å²) >= 11 is 0. The van der Waals surface area contributed by atoms with E-state index in [4.69, 9.17) is 4.74 Å². The topological polar surface area (TPSA) is 61.9 Å². The molecule has 1 atom stereocenters. The molecule has 1 unspecified atom stereocenters. The van der Waals surface area contributed by atoms with Crippen LogP contribution in [0.2, 0.25) is 0 Å². The molecule has 0 bridgehead atoms. The van der Waals surface area contributed by atoms with Gasteiger partial charge in [0, 0.05) is 51.6 Å². The lowest BCUT2D eigenvalue weighted by molar-refractivity contribution is -0.136. The van der Waals surface area contributed by atoms with Gasteiger partial charge in [-0.1, -0.05) is 0 Å². The Balaban J connectivity index is 1.45. The van der Waals surface area contributed by atoms with Gasteiger partial charge in [0.15, 0.2) is 5.67 Å². The Labute approximate surface area is 155 Å². The first kappa shape index (κ1) is 19.4. The first-order valence-electron chi connectivity index (χ1n) is 10.1. The quantitative estimate of drug-likeness (QED) is 0.808. The van der Waals surface area contributed by atoms with Crippen molar-refractivity contribution in [1.29, 1.82) is 0 Å². The molecule has 0 radical (unpaired) electrons. The number of alkyl halides is 1. The molecule has 0 spiro atoms. The van der Waals surface area contributed by atoms with Crippen LogP contribution in [0.15, 0.2) is 0 Å². The first-order chi connectivity index (χ1) is 12.5. The van der Waals surface area contributed by atoms with E-state index in [-0.39, 0.29) is 18.9 Å². The Morgan fingerprint density at radius 3 is 2.50 bits per heavy atom. The molecule has 2 saturated heterocycles. The van der Waals surface area contributed by atoms with Crippen LogP contribution in [0, 0.1) is 5.92 Å². The molecule has 3 rings (SSSR count). The Bertz CT molecular complexity index is 504. The predicted molar refractivity (Wildman–Crippen MR) is 96.6 cm³/mol. The number of amides is 2. The fourth-order valence-electron chi connectivity index (χ4n) is 4.03. The third-order valence-electron chi connectivity index (χ3n) is 5.99. The second-order valence-electron chi connectivity index (χ2n) is 7.93. The lowest BCUT2D eigenvalue weighted by Gasteiger charge is -2.39. The Kier molecular flexibility index (Phi) is 6.37. The standard InChI is InChI=1S/C19H32FN3O3/c1-2-26-18(25)23-10-3-4-16(7-11-23)22-12-8-19(20,9-13-22)17(24)21-14-15-5-6-15/h15-16H,2-14H2,1H3,(H,21,24). The summed E-state index contributed by atoms with van der Waals surface area (Å²) in [6.45, 7) is 5.46. The van der Waals surface area contributed by atoms with Crippen LogP contribution in [-0.2, 0) is 9.53 Å². The van der Waals surface area contributed by atoms with Crippen LogP contribution in [0.5, 0.6) is 0 Å². The van der Waals surface area contributed by atoms with Crippen LogP contribution >= 0.6 is 0 Å². The molecule has 2 amide bonds. The number of nitrogens with zero attached hydrogens (tertiary/aromatic N) is 2. The third-order valence-corrected chi connectivity index (χ3v) is 5.99. The molecule has 148 valence electrons. The van der Waals surface area contributed by atoms with Crippen LogP contribution in [0.1, 0.15) is 51.9 Å². The highest BCUT2D eigenvalue weighted by Gasteiger charge is 2.43. The maximum atomic E-state index is 15.0. The van der Waals surface area contributed by atoms with E-state index in [0.717, 1.165) is 38.6 Å². The maximum absolute atomic E-state index is 15.0. The molecule has 1 saturated carbocycles. The number of halogens is 1. The van der Waals surface area contributed by atoms with Crippen LogP contribution in [-0.4, -0.2) is 72.8 Å². The highest BCUT2D eigenvalue weighted by atomic mass is 19.1. The van der Waals surface area contributed by atoms with Gasteiger partial charge in [-0.15, -0.1) is 0 Å². The molecule has 3 aliphatic rings. The number of rotatable bonds is 5. The van der Waals surface area contributed by atoms with Crippen molar-refractivity contribution in [3.8, 4) is 0 Å². The van der Waals surface area contributed by atoms with E-state index < -0.39 is 11.6 Å². The highest BCUT2D eigenvalue weighted by molar-refractivity contribution is 5.85. The van der Waals surface area contributed by atoms with E-state index in [9.17, 15) is 9.59 Å². The van der Waals surface area contributed by atoms with Crippen LogP contribution in [0.25, 0.3) is 0 Å². The van der Waals surface area contributed by atoms with Gasteiger partial charge in [0.2, 0.25) is 0 Å². The second kappa shape index (κ2) is 8.55. The number of ether oxygens (including phenoxy) is 1. The number of nitrogens with one attached hydrogen (secondary N) is 1. The molecular formula is C19H32FN3O3. The van der Waals surface area contributed by atoms with E-state index in [1.165, 1.54) is 0 Å². The minimum Gasteiger partial charge on any atom is -0.450 e. The number of carbonyl (C=O) groups is 2. The summed E-state index contributed by atoms with van der Waals surface area (Å²) in [6, 6.07) is 0.355. The minimum atomic E-state index is -1.72. The zero-order chi connectivity index (χ0) is 18.6. The largest absolute Gasteiger partial charge is 0.450 e. The zero-order valence-corrected chi connectivity index (χ0v) is 15.8. The third kappa shape index (κ3) is 4.87. The summed E-state index contributed by atoms with van der Waals surface area (Å²) in [5.41, 5.74) is -1.72. The number of piperidine rings is 1. The van der Waals surface area contributed by atoms with E-state index in [2.05, 4.69) is 10.2 Å². The van der Waals surface area contributed by atoms with Crippen LogP contribution in [0.3, 0.4) is 0 Å². The normalized spacial score (nSPS) is 26.8. The smallest absolute Gasteiger partial charge is 0.409 e. The molecule has 6 nitrogen and oxygen atoms in total. The summed E-state index contributed by atoms with van der Waals surface area (Å²) in [5, 5.41) is 2.80. The summed E-state index contributed by atoms with van der Waals surface area (Å²) in [4.78, 5) is 28.2. The van der Waals surface area contributed by atoms with Gasteiger partial charge in [0.05, 0.1) is 6.61 Å². The predicted octanol–water partition coefficient (Wildman–Crippen LogP) is 2.33. The average molecular weight is 369 g/mol. The summed E-state index contributed by atoms with van der Waals surface area (Å²) in [6.07, 6.45) is 5.41. The minimum absolute atomic E-state index is 0.234. The molecule has 1 N–H and O–H groups in total. The molecule has 2 heterocycles. The monoisotopic (exact) mass is 369 g/mol. The van der Waals surface area contributed by atoms with Gasteiger partial charge in [0.1, 0.15) is 0 Å². The maximum Gasteiger partial charge on any atom is 0.409 e. The second-order valence-corrected chi connectivity index (χ2v) is 7.93. The molecule has 3 fully saturated rings. The Morgan fingerprint density at radius 2 is 1.85 bits per heavy atom.